The van der Waals surface area contributed by atoms with E-state index in [2.05, 4.69) is 42.1 Å². The summed E-state index contributed by atoms with van der Waals surface area (Å²) in [7, 11) is 0. The minimum Gasteiger partial charge on any atom is -0.340 e. The Hall–Kier alpha value is -2.49. The maximum Gasteiger partial charge on any atom is 0.134 e. The van der Waals surface area contributed by atoms with Crippen LogP contribution in [0, 0.1) is 12.7 Å². The molecule has 0 amide bonds. The molecule has 0 radical (unpaired) electrons. The monoisotopic (exact) mass is 311 g/mol. The van der Waals surface area contributed by atoms with Crippen molar-refractivity contribution in [3.8, 4) is 0 Å². The Balaban J connectivity index is 0.00000208. The number of benzene rings is 1. The molecular formula is C19H22FN3. The number of rotatable bonds is 4. The molecule has 0 aliphatic carbocycles. The van der Waals surface area contributed by atoms with E-state index >= 15 is 0 Å². The molecule has 4 heteroatoms. The summed E-state index contributed by atoms with van der Waals surface area (Å²) in [6.07, 6.45) is 6.14. The molecule has 0 fully saturated rings. The first kappa shape index (κ1) is 15.4. The van der Waals surface area contributed by atoms with Gasteiger partial charge < -0.3 is 5.32 Å². The van der Waals surface area contributed by atoms with Gasteiger partial charge in [0.1, 0.15) is 11.6 Å². The first-order chi connectivity index (χ1) is 11.1. The van der Waals surface area contributed by atoms with Crippen molar-refractivity contribution < 1.29 is 5.82 Å². The van der Waals surface area contributed by atoms with Crippen molar-refractivity contribution >= 4 is 22.3 Å². The lowest BCUT2D eigenvalue weighted by molar-refractivity contribution is 0.640. The van der Waals surface area contributed by atoms with Crippen LogP contribution in [0.3, 0.4) is 0 Å². The van der Waals surface area contributed by atoms with Gasteiger partial charge in [-0.1, -0.05) is 13.8 Å². The van der Waals surface area contributed by atoms with Gasteiger partial charge in [-0.3, -0.25) is 4.98 Å². The van der Waals surface area contributed by atoms with Crippen LogP contribution >= 0.6 is 0 Å². The van der Waals surface area contributed by atoms with Gasteiger partial charge in [0, 0.05) is 31.1 Å². The van der Waals surface area contributed by atoms with E-state index in [4.69, 9.17) is 0 Å². The molecule has 1 unspecified atom stereocenters. The maximum atomic E-state index is 14.2. The van der Waals surface area contributed by atoms with E-state index in [-0.39, 0.29) is 7.24 Å². The standard InChI is InChI=1S/C19H20FN3.H2/c1-4-12(2)16-9-19(22-10-13(16)3)23-15-7-14-5-6-21-11-17(14)18(20)8-15;/h5-12H,4H2,1-3H3,(H,22,23);1H. The fraction of sp³-hybridized carbons (Fsp3) is 0.263. The number of aromatic nitrogens is 2. The highest BCUT2D eigenvalue weighted by molar-refractivity contribution is 5.86. The van der Waals surface area contributed by atoms with Crippen LogP contribution in [0.2, 0.25) is 0 Å². The van der Waals surface area contributed by atoms with Gasteiger partial charge in [-0.25, -0.2) is 9.37 Å². The molecule has 0 aliphatic rings. The maximum absolute atomic E-state index is 14.2. The number of nitrogens with one attached hydrogen (secondary N) is 1. The molecule has 2 aromatic heterocycles. The predicted octanol–water partition coefficient (Wildman–Crippen LogP) is 5.58. The highest BCUT2D eigenvalue weighted by Crippen LogP contribution is 2.27. The summed E-state index contributed by atoms with van der Waals surface area (Å²) in [5.74, 6) is 0.920. The smallest absolute Gasteiger partial charge is 0.134 e. The van der Waals surface area contributed by atoms with E-state index in [1.54, 1.807) is 18.5 Å². The highest BCUT2D eigenvalue weighted by atomic mass is 19.1. The van der Waals surface area contributed by atoms with Crippen LogP contribution in [0.4, 0.5) is 15.9 Å². The van der Waals surface area contributed by atoms with E-state index in [0.717, 1.165) is 17.6 Å². The van der Waals surface area contributed by atoms with E-state index in [1.807, 2.05) is 12.3 Å². The minimum atomic E-state index is -0.285. The van der Waals surface area contributed by atoms with Crippen LogP contribution in [0.15, 0.2) is 42.9 Å². The molecule has 0 spiro atoms. The fourth-order valence-electron chi connectivity index (χ4n) is 2.73. The van der Waals surface area contributed by atoms with E-state index in [0.29, 0.717) is 17.0 Å². The lowest BCUT2D eigenvalue weighted by Crippen LogP contribution is -2.00. The number of anilines is 2. The Morgan fingerprint density at radius 1 is 1.26 bits per heavy atom. The van der Waals surface area contributed by atoms with Crippen LogP contribution in [0.1, 0.15) is 38.7 Å². The molecule has 1 aromatic carbocycles. The van der Waals surface area contributed by atoms with Crippen LogP contribution in [0.5, 0.6) is 0 Å². The van der Waals surface area contributed by atoms with E-state index in [9.17, 15) is 4.39 Å². The molecular weight excluding hydrogens is 289 g/mol. The molecule has 1 atom stereocenters. The molecule has 3 aromatic rings. The molecule has 23 heavy (non-hydrogen) atoms. The Labute approximate surface area is 137 Å². The molecule has 1 N–H and O–H groups in total. The number of aryl methyl sites for hydroxylation is 1. The van der Waals surface area contributed by atoms with Crippen LogP contribution in [0.25, 0.3) is 10.8 Å². The SMILES string of the molecule is CCC(C)c1cc(Nc2cc(F)c3cnccc3c2)ncc1C.[HH]. The summed E-state index contributed by atoms with van der Waals surface area (Å²) in [4.78, 5) is 8.38. The quantitative estimate of drug-likeness (QED) is 0.683. The summed E-state index contributed by atoms with van der Waals surface area (Å²) in [6.45, 7) is 6.44. The number of nitrogens with zero attached hydrogens (tertiary/aromatic N) is 2. The number of hydrogen-bond donors (Lipinski definition) is 1. The molecule has 0 bridgehead atoms. The fourth-order valence-corrected chi connectivity index (χ4v) is 2.73. The summed E-state index contributed by atoms with van der Waals surface area (Å²) in [5.41, 5.74) is 3.14. The van der Waals surface area contributed by atoms with E-state index < -0.39 is 0 Å². The van der Waals surface area contributed by atoms with Gasteiger partial charge in [-0.05, 0) is 60.0 Å². The topological polar surface area (TPSA) is 37.8 Å². The second kappa shape index (κ2) is 6.32. The van der Waals surface area contributed by atoms with Gasteiger partial charge in [0.15, 0.2) is 0 Å². The first-order valence-electron chi connectivity index (χ1n) is 7.85. The summed E-state index contributed by atoms with van der Waals surface area (Å²) >= 11 is 0. The minimum absolute atomic E-state index is 0. The number of hydrogen-bond acceptors (Lipinski definition) is 3. The van der Waals surface area contributed by atoms with Gasteiger partial charge in [0.05, 0.1) is 0 Å². The molecule has 0 saturated heterocycles. The van der Waals surface area contributed by atoms with Gasteiger partial charge in [-0.2, -0.15) is 0 Å². The zero-order chi connectivity index (χ0) is 16.4. The largest absolute Gasteiger partial charge is 0.340 e. The normalized spacial score (nSPS) is 12.3. The molecule has 0 saturated carbocycles. The highest BCUT2D eigenvalue weighted by Gasteiger charge is 2.10. The second-order valence-corrected chi connectivity index (χ2v) is 5.92. The Morgan fingerprint density at radius 2 is 2.09 bits per heavy atom. The first-order valence-corrected chi connectivity index (χ1v) is 7.85. The average molecular weight is 311 g/mol. The zero-order valence-corrected chi connectivity index (χ0v) is 13.6. The van der Waals surface area contributed by atoms with Crippen LogP contribution < -0.4 is 5.32 Å². The number of fused-ring (bicyclic) bond motifs is 1. The third-order valence-corrected chi connectivity index (χ3v) is 4.27. The van der Waals surface area contributed by atoms with Gasteiger partial charge >= 0.3 is 0 Å². The van der Waals surface area contributed by atoms with Crippen molar-refractivity contribution in [1.29, 1.82) is 0 Å². The number of halogens is 1. The van der Waals surface area contributed by atoms with E-state index in [1.165, 1.54) is 17.2 Å². The summed E-state index contributed by atoms with van der Waals surface area (Å²) in [6, 6.07) is 7.24. The van der Waals surface area contributed by atoms with Crippen LogP contribution in [-0.4, -0.2) is 9.97 Å². The van der Waals surface area contributed by atoms with Gasteiger partial charge in [0.25, 0.3) is 0 Å². The summed E-state index contributed by atoms with van der Waals surface area (Å²) in [5, 5.41) is 4.55. The molecule has 3 rings (SSSR count). The second-order valence-electron chi connectivity index (χ2n) is 5.92. The summed E-state index contributed by atoms with van der Waals surface area (Å²) < 4.78 is 14.2. The lowest BCUT2D eigenvalue weighted by Gasteiger charge is -2.15. The van der Waals surface area contributed by atoms with Crippen LogP contribution in [-0.2, 0) is 0 Å². The lowest BCUT2D eigenvalue weighted by atomic mass is 9.96. The molecule has 2 heterocycles. The van der Waals surface area contributed by atoms with Crippen molar-refractivity contribution in [2.75, 3.05) is 5.32 Å². The van der Waals surface area contributed by atoms with Crippen molar-refractivity contribution in [3.05, 3.63) is 59.8 Å². The number of pyridine rings is 2. The van der Waals surface area contributed by atoms with Gasteiger partial charge in [-0.15, -0.1) is 0 Å². The van der Waals surface area contributed by atoms with Gasteiger partial charge in [0.2, 0.25) is 0 Å². The Kier molecular flexibility index (Phi) is 4.24. The Morgan fingerprint density at radius 3 is 2.87 bits per heavy atom. The zero-order valence-electron chi connectivity index (χ0n) is 13.6. The molecule has 3 nitrogen and oxygen atoms in total. The third-order valence-electron chi connectivity index (χ3n) is 4.27. The van der Waals surface area contributed by atoms with Crippen molar-refractivity contribution in [2.24, 2.45) is 0 Å². The predicted molar refractivity (Wildman–Crippen MR) is 94.8 cm³/mol. The van der Waals surface area contributed by atoms with Crippen molar-refractivity contribution in [3.63, 3.8) is 0 Å². The van der Waals surface area contributed by atoms with Crippen molar-refractivity contribution in [2.45, 2.75) is 33.1 Å². The molecule has 120 valence electrons. The average Bonchev–Trinajstić information content (AvgIpc) is 2.56. The van der Waals surface area contributed by atoms with Crippen molar-refractivity contribution in [1.82, 2.24) is 9.97 Å². The molecule has 0 aliphatic heterocycles. The Bertz CT molecular complexity index is 851. The third kappa shape index (κ3) is 3.16.